The van der Waals surface area contributed by atoms with Crippen molar-refractivity contribution in [3.05, 3.63) is 449 Å². The Bertz CT molecular complexity index is 7730. The fourth-order valence-corrected chi connectivity index (χ4v) is 18.4. The molecule has 23 rings (SSSR count). The molecule has 562 valence electrons. The van der Waals surface area contributed by atoms with Gasteiger partial charge in [0.15, 0.2) is 0 Å². The summed E-state index contributed by atoms with van der Waals surface area (Å²) in [6, 6.07) is 163. The van der Waals surface area contributed by atoms with E-state index in [4.69, 9.17) is 8.83 Å². The highest BCUT2D eigenvalue weighted by molar-refractivity contribution is 6.14. The Morgan fingerprint density at radius 3 is 0.867 bits per heavy atom. The molecule has 0 saturated heterocycles. The van der Waals surface area contributed by atoms with Gasteiger partial charge in [0.05, 0.1) is 33.4 Å². The predicted molar refractivity (Wildman–Crippen MR) is 503 cm³/mol. The van der Waals surface area contributed by atoms with Gasteiger partial charge in [0.1, 0.15) is 22.3 Å². The van der Waals surface area contributed by atoms with Crippen molar-refractivity contribution in [2.45, 2.75) is 0 Å². The minimum atomic E-state index is 0.825. The average Bonchev–Trinajstić information content (AvgIpc) is 1.58. The molecule has 0 N–H and O–H groups in total. The predicted octanol–water partition coefficient (Wildman–Crippen LogP) is 32.0. The summed E-state index contributed by atoms with van der Waals surface area (Å²) < 4.78 is 18.6. The van der Waals surface area contributed by atoms with E-state index in [9.17, 15) is 0 Å². The van der Waals surface area contributed by atoms with E-state index < -0.39 is 0 Å². The molecule has 6 heteroatoms. The van der Waals surface area contributed by atoms with Gasteiger partial charge in [0, 0.05) is 99.5 Å². The topological polar surface area (TPSA) is 42.6 Å². The van der Waals surface area contributed by atoms with E-state index in [1.165, 1.54) is 49.3 Å². The Morgan fingerprint density at radius 1 is 0.158 bits per heavy atom. The summed E-state index contributed by atoms with van der Waals surface area (Å²) in [6.07, 6.45) is 0. The van der Waals surface area contributed by atoms with Crippen molar-refractivity contribution in [3.8, 4) is 100 Å². The van der Waals surface area contributed by atoms with Crippen LogP contribution in [0.1, 0.15) is 0 Å². The third kappa shape index (κ3) is 12.0. The molecule has 4 heterocycles. The van der Waals surface area contributed by atoms with Crippen LogP contribution in [-0.4, -0.2) is 9.13 Å². The molecule has 4 aromatic heterocycles. The smallest absolute Gasteiger partial charge is 0.143 e. The van der Waals surface area contributed by atoms with E-state index >= 15 is 0 Å². The van der Waals surface area contributed by atoms with Crippen molar-refractivity contribution in [3.63, 3.8) is 0 Å². The van der Waals surface area contributed by atoms with Crippen LogP contribution in [0.25, 0.3) is 188 Å². The molecule has 0 aliphatic carbocycles. The maximum absolute atomic E-state index is 7.16. The van der Waals surface area contributed by atoms with Crippen LogP contribution in [0.5, 0.6) is 0 Å². The highest BCUT2D eigenvalue weighted by Crippen LogP contribution is 2.47. The third-order valence-electron chi connectivity index (χ3n) is 24.2. The van der Waals surface area contributed by atoms with Gasteiger partial charge in [0.2, 0.25) is 0 Å². The first kappa shape index (κ1) is 69.5. The molecule has 23 aromatic rings. The van der Waals surface area contributed by atoms with Gasteiger partial charge in [0.25, 0.3) is 0 Å². The van der Waals surface area contributed by atoms with Gasteiger partial charge in [-0.2, -0.15) is 0 Å². The summed E-state index contributed by atoms with van der Waals surface area (Å²) in [5.41, 5.74) is 34.4. The fourth-order valence-electron chi connectivity index (χ4n) is 18.4. The van der Waals surface area contributed by atoms with Crippen LogP contribution in [0.4, 0.5) is 34.1 Å². The Morgan fingerprint density at radius 2 is 0.433 bits per heavy atom. The van der Waals surface area contributed by atoms with Crippen LogP contribution in [0.2, 0.25) is 0 Å². The largest absolute Gasteiger partial charge is 0.455 e. The second kappa shape index (κ2) is 29.1. The minimum Gasteiger partial charge on any atom is -0.455 e. The van der Waals surface area contributed by atoms with Gasteiger partial charge in [-0.15, -0.1) is 0 Å². The highest BCUT2D eigenvalue weighted by atomic mass is 16.3. The zero-order valence-electron chi connectivity index (χ0n) is 65.3. The number of fused-ring (bicyclic) bond motifs is 12. The van der Waals surface area contributed by atoms with E-state index in [2.05, 4.69) is 456 Å². The molecule has 120 heavy (non-hydrogen) atoms. The Kier molecular flexibility index (Phi) is 16.8. The monoisotopic (exact) mass is 1530 g/mol. The zero-order valence-corrected chi connectivity index (χ0v) is 65.3. The van der Waals surface area contributed by atoms with Gasteiger partial charge in [-0.25, -0.2) is 0 Å². The summed E-state index contributed by atoms with van der Waals surface area (Å²) in [6.45, 7) is 0. The number of aromatic nitrogens is 2. The maximum Gasteiger partial charge on any atom is 0.143 e. The van der Waals surface area contributed by atoms with Gasteiger partial charge >= 0.3 is 0 Å². The van der Waals surface area contributed by atoms with Crippen LogP contribution >= 0.6 is 0 Å². The van der Waals surface area contributed by atoms with Crippen LogP contribution in [0.15, 0.2) is 458 Å². The van der Waals surface area contributed by atoms with Crippen LogP contribution in [-0.2, 0) is 0 Å². The summed E-state index contributed by atoms with van der Waals surface area (Å²) >= 11 is 0. The Balaban J connectivity index is 0.589. The molecule has 0 saturated carbocycles. The SMILES string of the molecule is c1ccc(-c2ccc(-c3ccc(N(c4ccc(-c5ccc(-c6ccc7c(c6)oc6c(-c8ccc(N(c9ccc(-c%10ccccc%10)cc9)c9ccc(-c%10ccccc%10-n%10c%11ccccc%11c%11ccccc%11%10)cc9)cc8)cccc67)cc5-n5c6ccccc6c6ccccc65)cc4)c4ccc(-c5cccc6c5oc5ccccc56)cc4)cc3)cc2)cc1. The van der Waals surface area contributed by atoms with Crippen molar-refractivity contribution < 1.29 is 8.83 Å². The molecule has 0 bridgehead atoms. The summed E-state index contributed by atoms with van der Waals surface area (Å²) in [4.78, 5) is 4.72. The van der Waals surface area contributed by atoms with E-state index in [1.807, 2.05) is 12.1 Å². The molecule has 0 atom stereocenters. The first-order valence-electron chi connectivity index (χ1n) is 41.0. The Hall–Kier alpha value is -16.0. The molecule has 0 aliphatic heterocycles. The first-order valence-corrected chi connectivity index (χ1v) is 41.0. The van der Waals surface area contributed by atoms with Crippen molar-refractivity contribution in [1.29, 1.82) is 0 Å². The third-order valence-corrected chi connectivity index (χ3v) is 24.2. The molecule has 0 aliphatic rings. The van der Waals surface area contributed by atoms with E-state index in [1.54, 1.807) is 0 Å². The second-order valence-electron chi connectivity index (χ2n) is 31.0. The van der Waals surface area contributed by atoms with Crippen molar-refractivity contribution >= 4 is 122 Å². The lowest BCUT2D eigenvalue weighted by atomic mass is 9.96. The number of rotatable bonds is 16. The number of benzene rings is 19. The van der Waals surface area contributed by atoms with Crippen LogP contribution < -0.4 is 9.80 Å². The first-order chi connectivity index (χ1) is 59.5. The summed E-state index contributed by atoms with van der Waals surface area (Å²) in [5.74, 6) is 0. The van der Waals surface area contributed by atoms with Crippen molar-refractivity contribution in [2.75, 3.05) is 9.80 Å². The van der Waals surface area contributed by atoms with E-state index in [-0.39, 0.29) is 0 Å². The van der Waals surface area contributed by atoms with Gasteiger partial charge in [-0.1, -0.05) is 322 Å². The fraction of sp³-hybridized carbons (Fsp3) is 0. The normalized spacial score (nSPS) is 11.7. The van der Waals surface area contributed by atoms with Crippen LogP contribution in [0.3, 0.4) is 0 Å². The molecule has 0 spiro atoms. The lowest BCUT2D eigenvalue weighted by Gasteiger charge is -2.26. The molecule has 0 radical (unpaired) electrons. The lowest BCUT2D eigenvalue weighted by Crippen LogP contribution is -2.10. The maximum atomic E-state index is 7.16. The van der Waals surface area contributed by atoms with Crippen LogP contribution in [0, 0.1) is 0 Å². The number of hydrogen-bond acceptors (Lipinski definition) is 4. The molecular weight excluding hydrogens is 1460 g/mol. The quantitative estimate of drug-likeness (QED) is 0.0967. The Labute approximate surface area is 694 Å². The highest BCUT2D eigenvalue weighted by Gasteiger charge is 2.24. The van der Waals surface area contributed by atoms with Gasteiger partial charge in [-0.05, 0) is 194 Å². The van der Waals surface area contributed by atoms with Gasteiger partial charge < -0.3 is 27.8 Å². The minimum absolute atomic E-state index is 0.825. The van der Waals surface area contributed by atoms with E-state index in [0.29, 0.717) is 0 Å². The number of para-hydroxylation sites is 8. The lowest BCUT2D eigenvalue weighted by molar-refractivity contribution is 0.669. The standard InChI is InChI=1S/C114H74N4O2/c1-3-21-75(22-4-1)77-41-43-78(44-42-77)80-47-61-88(62-48-80)116(91-67-53-83(54-68-91)95-31-19-33-103-101-30-12-18-40-111(101)119-113(95)103)90-65-51-82(52-66-90)94-71-57-85(73-110(94)118-108-38-16-10-28-99(108)100-29-11-17-39-109(100)118)86-58-72-102-104-34-20-32-96(114(104)120-112(102)74-86)84-55-69-92(70-56-84)115(87-59-45-79(46-60-87)76-23-5-2-6-24-76)89-63-49-81(50-64-89)93-25-7-13-35-105(93)117-106-36-14-8-26-97(106)98-27-9-15-37-107(98)117/h1-74H. The van der Waals surface area contributed by atoms with Gasteiger partial charge in [-0.3, -0.25) is 0 Å². The van der Waals surface area contributed by atoms with Crippen molar-refractivity contribution in [1.82, 2.24) is 9.13 Å². The second-order valence-corrected chi connectivity index (χ2v) is 31.0. The summed E-state index contributed by atoms with van der Waals surface area (Å²) in [7, 11) is 0. The average molecular weight is 1530 g/mol. The summed E-state index contributed by atoms with van der Waals surface area (Å²) in [5, 5.41) is 9.24. The number of anilines is 6. The van der Waals surface area contributed by atoms with E-state index in [0.717, 1.165) is 173 Å². The number of nitrogens with zero attached hydrogens (tertiary/aromatic N) is 4. The zero-order chi connectivity index (χ0) is 79.1. The number of hydrogen-bond donors (Lipinski definition) is 0. The molecule has 0 unspecified atom stereocenters. The molecular formula is C114H74N4O2. The molecule has 0 fully saturated rings. The van der Waals surface area contributed by atoms with Crippen molar-refractivity contribution in [2.24, 2.45) is 0 Å². The molecule has 0 amide bonds. The molecule has 6 nitrogen and oxygen atoms in total. The molecule has 19 aromatic carbocycles. The number of furan rings is 2.